The van der Waals surface area contributed by atoms with Crippen molar-refractivity contribution in [2.24, 2.45) is 0 Å². The molecule has 3 aromatic carbocycles. The lowest BCUT2D eigenvalue weighted by Crippen LogP contribution is -2.11. The molecule has 0 bridgehead atoms. The lowest BCUT2D eigenvalue weighted by Gasteiger charge is -2.07. The smallest absolute Gasteiger partial charge is 0.255 e. The van der Waals surface area contributed by atoms with Gasteiger partial charge in [-0.15, -0.1) is 0 Å². The first-order valence-electron chi connectivity index (χ1n) is 6.41. The highest BCUT2D eigenvalue weighted by Crippen LogP contribution is 2.22. The van der Waals surface area contributed by atoms with Crippen LogP contribution in [0.25, 0.3) is 10.8 Å². The number of carbonyl (C=O) groups is 1. The predicted molar refractivity (Wildman–Crippen MR) is 87.7 cm³/mol. The van der Waals surface area contributed by atoms with Gasteiger partial charge >= 0.3 is 0 Å². The van der Waals surface area contributed by atoms with E-state index in [1.807, 2.05) is 30.3 Å². The van der Waals surface area contributed by atoms with Gasteiger partial charge in [0, 0.05) is 21.8 Å². The fourth-order valence-corrected chi connectivity index (χ4v) is 2.52. The van der Waals surface area contributed by atoms with E-state index < -0.39 is 0 Å². The Morgan fingerprint density at radius 1 is 0.952 bits per heavy atom. The third-order valence-corrected chi connectivity index (χ3v) is 3.66. The second-order valence-corrected chi connectivity index (χ2v) is 5.63. The van der Waals surface area contributed by atoms with Crippen molar-refractivity contribution in [2.75, 3.05) is 5.32 Å². The molecule has 0 saturated heterocycles. The number of aromatic hydroxyl groups is 1. The van der Waals surface area contributed by atoms with Gasteiger partial charge in [0.05, 0.1) is 0 Å². The molecule has 0 aliphatic heterocycles. The Kier molecular flexibility index (Phi) is 3.62. The molecule has 0 aliphatic rings. The molecule has 2 N–H and O–H groups in total. The average molecular weight is 342 g/mol. The molecule has 0 fully saturated rings. The van der Waals surface area contributed by atoms with Crippen molar-refractivity contribution >= 4 is 38.3 Å². The zero-order chi connectivity index (χ0) is 14.8. The minimum absolute atomic E-state index is 0.121. The number of carbonyl (C=O) groups excluding carboxylic acids is 1. The molecule has 3 rings (SSSR count). The molecule has 4 heteroatoms. The summed E-state index contributed by atoms with van der Waals surface area (Å²) >= 11 is 3.43. The van der Waals surface area contributed by atoms with E-state index in [2.05, 4.69) is 21.2 Å². The second-order valence-electron chi connectivity index (χ2n) is 4.71. The van der Waals surface area contributed by atoms with Crippen LogP contribution in [0, 0.1) is 0 Å². The first-order valence-corrected chi connectivity index (χ1v) is 7.21. The minimum atomic E-state index is -0.203. The highest BCUT2D eigenvalue weighted by atomic mass is 79.9. The van der Waals surface area contributed by atoms with Gasteiger partial charge in [0.2, 0.25) is 0 Å². The predicted octanol–water partition coefficient (Wildman–Crippen LogP) is 4.56. The summed E-state index contributed by atoms with van der Waals surface area (Å²) < 4.78 is 1.01. The molecule has 0 radical (unpaired) electrons. The number of hydrogen-bond acceptors (Lipinski definition) is 2. The minimum Gasteiger partial charge on any atom is -0.508 e. The van der Waals surface area contributed by atoms with Gasteiger partial charge in [0.25, 0.3) is 5.91 Å². The van der Waals surface area contributed by atoms with Gasteiger partial charge in [-0.05, 0) is 47.2 Å². The molecule has 1 amide bonds. The van der Waals surface area contributed by atoms with Crippen LogP contribution in [-0.2, 0) is 0 Å². The average Bonchev–Trinajstić information content (AvgIpc) is 2.46. The molecular weight excluding hydrogens is 330 g/mol. The van der Waals surface area contributed by atoms with Crippen molar-refractivity contribution in [3.8, 4) is 5.75 Å². The first kappa shape index (κ1) is 13.6. The lowest BCUT2D eigenvalue weighted by molar-refractivity contribution is 0.102. The van der Waals surface area contributed by atoms with Crippen LogP contribution in [0.3, 0.4) is 0 Å². The number of anilines is 1. The fraction of sp³-hybridized carbons (Fsp3) is 0. The molecule has 3 aromatic rings. The molecule has 104 valence electrons. The Morgan fingerprint density at radius 3 is 2.52 bits per heavy atom. The van der Waals surface area contributed by atoms with Gasteiger partial charge < -0.3 is 10.4 Å². The van der Waals surface area contributed by atoms with Crippen molar-refractivity contribution in [1.29, 1.82) is 0 Å². The molecule has 0 saturated carbocycles. The summed E-state index contributed by atoms with van der Waals surface area (Å²) in [6.45, 7) is 0. The summed E-state index contributed by atoms with van der Waals surface area (Å²) in [4.78, 5) is 12.2. The van der Waals surface area contributed by atoms with Crippen LogP contribution in [0.4, 0.5) is 5.69 Å². The standard InChI is InChI=1S/C17H12BrNO2/c18-14-7-6-11-8-13(5-4-12(11)9-14)17(21)19-15-2-1-3-16(20)10-15/h1-10,20H,(H,19,21). The molecule has 0 unspecified atom stereocenters. The van der Waals surface area contributed by atoms with E-state index >= 15 is 0 Å². The molecule has 3 nitrogen and oxygen atoms in total. The van der Waals surface area contributed by atoms with Gasteiger partial charge in [-0.25, -0.2) is 0 Å². The van der Waals surface area contributed by atoms with Crippen LogP contribution >= 0.6 is 15.9 Å². The Labute approximate surface area is 130 Å². The number of benzene rings is 3. The summed E-state index contributed by atoms with van der Waals surface area (Å²) in [6, 6.07) is 17.9. The maximum Gasteiger partial charge on any atom is 0.255 e. The number of hydrogen-bond donors (Lipinski definition) is 2. The van der Waals surface area contributed by atoms with Crippen LogP contribution in [0.5, 0.6) is 5.75 Å². The Bertz CT molecular complexity index is 830. The van der Waals surface area contributed by atoms with E-state index in [1.165, 1.54) is 6.07 Å². The third-order valence-electron chi connectivity index (χ3n) is 3.17. The lowest BCUT2D eigenvalue weighted by atomic mass is 10.1. The van der Waals surface area contributed by atoms with Crippen molar-refractivity contribution < 1.29 is 9.90 Å². The number of phenols is 1. The highest BCUT2D eigenvalue weighted by Gasteiger charge is 2.07. The monoisotopic (exact) mass is 341 g/mol. The van der Waals surface area contributed by atoms with Gasteiger partial charge in [0.15, 0.2) is 0 Å². The van der Waals surface area contributed by atoms with Crippen LogP contribution in [0.15, 0.2) is 65.1 Å². The Hall–Kier alpha value is -2.33. The van der Waals surface area contributed by atoms with Crippen molar-refractivity contribution in [3.05, 3.63) is 70.7 Å². The summed E-state index contributed by atoms with van der Waals surface area (Å²) in [5, 5.41) is 14.2. The van der Waals surface area contributed by atoms with Gasteiger partial charge in [0.1, 0.15) is 5.75 Å². The number of fused-ring (bicyclic) bond motifs is 1. The maximum atomic E-state index is 12.2. The largest absolute Gasteiger partial charge is 0.508 e. The maximum absolute atomic E-state index is 12.2. The second kappa shape index (κ2) is 5.58. The molecule has 21 heavy (non-hydrogen) atoms. The number of amides is 1. The fourth-order valence-electron chi connectivity index (χ4n) is 2.14. The summed E-state index contributed by atoms with van der Waals surface area (Å²) in [7, 11) is 0. The summed E-state index contributed by atoms with van der Waals surface area (Å²) in [6.07, 6.45) is 0. The van der Waals surface area contributed by atoms with E-state index in [1.54, 1.807) is 24.3 Å². The van der Waals surface area contributed by atoms with Crippen molar-refractivity contribution in [1.82, 2.24) is 0 Å². The summed E-state index contributed by atoms with van der Waals surface area (Å²) in [5.74, 6) is -0.0819. The SMILES string of the molecule is O=C(Nc1cccc(O)c1)c1ccc2cc(Br)ccc2c1. The van der Waals surface area contributed by atoms with E-state index in [4.69, 9.17) is 0 Å². The number of phenolic OH excluding ortho intramolecular Hbond substituents is 1. The summed E-state index contributed by atoms with van der Waals surface area (Å²) in [5.41, 5.74) is 1.14. The number of halogens is 1. The zero-order valence-electron chi connectivity index (χ0n) is 11.0. The first-order chi connectivity index (χ1) is 10.1. The van der Waals surface area contributed by atoms with E-state index in [0.717, 1.165) is 15.2 Å². The van der Waals surface area contributed by atoms with E-state index in [-0.39, 0.29) is 11.7 Å². The van der Waals surface area contributed by atoms with E-state index in [9.17, 15) is 9.90 Å². The van der Waals surface area contributed by atoms with Crippen LogP contribution < -0.4 is 5.32 Å². The van der Waals surface area contributed by atoms with Crippen LogP contribution in [0.2, 0.25) is 0 Å². The van der Waals surface area contributed by atoms with Crippen LogP contribution in [0.1, 0.15) is 10.4 Å². The van der Waals surface area contributed by atoms with Gasteiger partial charge in [-0.1, -0.05) is 34.1 Å². The molecule has 0 aliphatic carbocycles. The number of nitrogens with one attached hydrogen (secondary N) is 1. The molecule has 0 heterocycles. The third kappa shape index (κ3) is 3.06. The van der Waals surface area contributed by atoms with Gasteiger partial charge in [-0.3, -0.25) is 4.79 Å². The Morgan fingerprint density at radius 2 is 1.71 bits per heavy atom. The number of rotatable bonds is 2. The van der Waals surface area contributed by atoms with E-state index in [0.29, 0.717) is 11.3 Å². The highest BCUT2D eigenvalue weighted by molar-refractivity contribution is 9.10. The molecule has 0 spiro atoms. The van der Waals surface area contributed by atoms with Crippen molar-refractivity contribution in [3.63, 3.8) is 0 Å². The molecular formula is C17H12BrNO2. The van der Waals surface area contributed by atoms with Crippen LogP contribution in [-0.4, -0.2) is 11.0 Å². The Balaban J connectivity index is 1.89. The quantitative estimate of drug-likeness (QED) is 0.717. The normalized spacial score (nSPS) is 10.5. The van der Waals surface area contributed by atoms with Gasteiger partial charge in [-0.2, -0.15) is 0 Å². The zero-order valence-corrected chi connectivity index (χ0v) is 12.6. The molecule has 0 atom stereocenters. The molecule has 0 aromatic heterocycles. The topological polar surface area (TPSA) is 49.3 Å². The van der Waals surface area contributed by atoms with Crippen molar-refractivity contribution in [2.45, 2.75) is 0 Å².